The van der Waals surface area contributed by atoms with Gasteiger partial charge in [0.25, 0.3) is 5.56 Å². The number of aromatic amines is 1. The highest BCUT2D eigenvalue weighted by atomic mass is 127. The van der Waals surface area contributed by atoms with E-state index in [1.54, 1.807) is 0 Å². The fourth-order valence-electron chi connectivity index (χ4n) is 1.96. The van der Waals surface area contributed by atoms with Gasteiger partial charge in [0.15, 0.2) is 0 Å². The molecule has 1 aliphatic rings. The molecule has 0 amide bonds. The minimum atomic E-state index is -3.66. The summed E-state index contributed by atoms with van der Waals surface area (Å²) in [5, 5.41) is 9.54. The molecule has 0 saturated carbocycles. The molecule has 2 N–H and O–H groups in total. The number of rotatable bonds is 3. The maximum atomic E-state index is 14.1. The molecular weight excluding hydrogens is 469 g/mol. The van der Waals surface area contributed by atoms with Gasteiger partial charge in [-0.05, 0) is 10.2 Å². The number of nitrogens with zero attached hydrogens (tertiary/aromatic N) is 1. The molecule has 1 saturated heterocycles. The van der Waals surface area contributed by atoms with E-state index in [9.17, 15) is 23.5 Å². The molecule has 0 unspecified atom stereocenters. The lowest BCUT2D eigenvalue weighted by atomic mass is 10.1. The van der Waals surface area contributed by atoms with E-state index in [1.165, 1.54) is 10.2 Å². The molecular formula is C11H10BrF2IN2O4. The first-order chi connectivity index (χ1) is 9.82. The number of halogens is 4. The van der Waals surface area contributed by atoms with Crippen molar-refractivity contribution in [1.29, 1.82) is 0 Å². The smallest absolute Gasteiger partial charge is 0.330 e. The van der Waals surface area contributed by atoms with Crippen LogP contribution in [0.4, 0.5) is 8.78 Å². The number of aliphatic hydroxyl groups is 1. The third kappa shape index (κ3) is 2.98. The Kier molecular flexibility index (Phi) is 5.00. The van der Waals surface area contributed by atoms with Gasteiger partial charge in [-0.15, -0.1) is 0 Å². The van der Waals surface area contributed by atoms with Crippen LogP contribution in [0.1, 0.15) is 11.8 Å². The monoisotopic (exact) mass is 478 g/mol. The summed E-state index contributed by atoms with van der Waals surface area (Å²) in [6, 6.07) is 0. The molecule has 1 aliphatic heterocycles. The fraction of sp³-hybridized carbons (Fsp3) is 0.455. The van der Waals surface area contributed by atoms with Crippen molar-refractivity contribution in [1.82, 2.24) is 9.55 Å². The van der Waals surface area contributed by atoms with Crippen molar-refractivity contribution in [3.05, 3.63) is 36.7 Å². The Morgan fingerprint density at radius 2 is 2.24 bits per heavy atom. The van der Waals surface area contributed by atoms with E-state index in [-0.39, 0.29) is 10.9 Å². The summed E-state index contributed by atoms with van der Waals surface area (Å²) in [7, 11) is 0. The van der Waals surface area contributed by atoms with E-state index >= 15 is 0 Å². The standard InChI is InChI=1S/C11H10BrF2IN2O4/c12-3-6-7(18)11(13,14)9(21-6)17-4-5(1-2-15)8(19)16-10(17)20/h1-2,4,6-7,9,18H,3H2,(H,16,19,20)/b2-1+/t6-,7-,9-/m1/s1. The second-order valence-corrected chi connectivity index (χ2v) is 5.71. The predicted molar refractivity (Wildman–Crippen MR) is 83.0 cm³/mol. The topological polar surface area (TPSA) is 84.3 Å². The molecule has 0 spiro atoms. The maximum Gasteiger partial charge on any atom is 0.330 e. The number of H-pyrrole nitrogens is 1. The summed E-state index contributed by atoms with van der Waals surface area (Å²) in [5.74, 6) is -3.66. The third-order valence-electron chi connectivity index (χ3n) is 3.02. The molecule has 1 aromatic rings. The Bertz CT molecular complexity index is 675. The second-order valence-electron chi connectivity index (χ2n) is 4.34. The van der Waals surface area contributed by atoms with Crippen LogP contribution in [0, 0.1) is 0 Å². The first-order valence-electron chi connectivity index (χ1n) is 5.72. The van der Waals surface area contributed by atoms with Crippen LogP contribution in [0.15, 0.2) is 19.9 Å². The van der Waals surface area contributed by atoms with E-state index in [2.05, 4.69) is 15.9 Å². The van der Waals surface area contributed by atoms with E-state index in [4.69, 9.17) is 4.74 Å². The molecule has 2 heterocycles. The highest BCUT2D eigenvalue weighted by Gasteiger charge is 2.59. The van der Waals surface area contributed by atoms with Crippen molar-refractivity contribution in [2.24, 2.45) is 0 Å². The van der Waals surface area contributed by atoms with Crippen LogP contribution in [0.5, 0.6) is 0 Å². The van der Waals surface area contributed by atoms with Gasteiger partial charge in [-0.2, -0.15) is 8.78 Å². The van der Waals surface area contributed by atoms with Crippen LogP contribution in [0.2, 0.25) is 0 Å². The Labute approximate surface area is 139 Å². The normalized spacial score (nSPS) is 28.3. The SMILES string of the molecule is O=c1[nH]c(=O)n([C@@H]2O[C@H](CBr)[C@@H](O)C2(F)F)cc1/C=C/I. The van der Waals surface area contributed by atoms with Gasteiger partial charge in [0, 0.05) is 11.5 Å². The van der Waals surface area contributed by atoms with Gasteiger partial charge in [0.05, 0.1) is 5.56 Å². The molecule has 10 heteroatoms. The largest absolute Gasteiger partial charge is 0.384 e. The Morgan fingerprint density at radius 1 is 1.57 bits per heavy atom. The zero-order valence-electron chi connectivity index (χ0n) is 10.3. The van der Waals surface area contributed by atoms with Gasteiger partial charge in [0.1, 0.15) is 12.2 Å². The van der Waals surface area contributed by atoms with Gasteiger partial charge in [0.2, 0.25) is 6.23 Å². The summed E-state index contributed by atoms with van der Waals surface area (Å²) in [6.07, 6.45) is -2.85. The molecule has 1 aromatic heterocycles. The third-order valence-corrected chi connectivity index (χ3v) is 4.02. The van der Waals surface area contributed by atoms with Gasteiger partial charge in [-0.3, -0.25) is 14.3 Å². The van der Waals surface area contributed by atoms with E-state index in [1.807, 2.05) is 27.6 Å². The van der Waals surface area contributed by atoms with Crippen LogP contribution in [-0.4, -0.2) is 38.1 Å². The zero-order valence-corrected chi connectivity index (χ0v) is 14.0. The van der Waals surface area contributed by atoms with Gasteiger partial charge >= 0.3 is 11.6 Å². The summed E-state index contributed by atoms with van der Waals surface area (Å²) >= 11 is 4.81. The molecule has 6 nitrogen and oxygen atoms in total. The molecule has 1 fully saturated rings. The maximum absolute atomic E-state index is 14.1. The Hall–Kier alpha value is -0.590. The molecule has 0 aromatic carbocycles. The van der Waals surface area contributed by atoms with Crippen LogP contribution in [-0.2, 0) is 4.74 Å². The zero-order chi connectivity index (χ0) is 15.8. The number of aliphatic hydroxyl groups excluding tert-OH is 1. The molecule has 116 valence electrons. The average Bonchev–Trinajstić information content (AvgIpc) is 2.65. The van der Waals surface area contributed by atoms with Crippen LogP contribution >= 0.6 is 38.5 Å². The summed E-state index contributed by atoms with van der Waals surface area (Å²) in [5.41, 5.74) is -1.69. The molecule has 3 atom stereocenters. The predicted octanol–water partition coefficient (Wildman–Crippen LogP) is 1.23. The average molecular weight is 479 g/mol. The highest BCUT2D eigenvalue weighted by molar-refractivity contribution is 14.1. The first kappa shape index (κ1) is 16.8. The first-order valence-corrected chi connectivity index (χ1v) is 8.09. The molecule has 0 aliphatic carbocycles. The molecule has 2 rings (SSSR count). The minimum absolute atomic E-state index is 0.0150. The van der Waals surface area contributed by atoms with Gasteiger partial charge in [-0.25, -0.2) is 4.79 Å². The van der Waals surface area contributed by atoms with Crippen molar-refractivity contribution in [3.8, 4) is 0 Å². The molecule has 21 heavy (non-hydrogen) atoms. The summed E-state index contributed by atoms with van der Waals surface area (Å²) in [4.78, 5) is 25.2. The van der Waals surface area contributed by atoms with Crippen molar-refractivity contribution in [3.63, 3.8) is 0 Å². The quantitative estimate of drug-likeness (QED) is 0.505. The second kappa shape index (κ2) is 6.26. The van der Waals surface area contributed by atoms with E-state index in [0.717, 1.165) is 6.20 Å². The fourth-order valence-corrected chi connectivity index (χ4v) is 2.85. The van der Waals surface area contributed by atoms with Gasteiger partial charge in [-0.1, -0.05) is 38.5 Å². The number of alkyl halides is 3. The summed E-state index contributed by atoms with van der Waals surface area (Å²) in [6.45, 7) is 0. The number of ether oxygens (including phenoxy) is 1. The molecule has 0 radical (unpaired) electrons. The van der Waals surface area contributed by atoms with E-state index in [0.29, 0.717) is 4.57 Å². The van der Waals surface area contributed by atoms with Crippen molar-refractivity contribution in [2.45, 2.75) is 24.4 Å². The summed E-state index contributed by atoms with van der Waals surface area (Å²) < 4.78 is 35.2. The Balaban J connectivity index is 2.54. The Morgan fingerprint density at radius 3 is 2.76 bits per heavy atom. The van der Waals surface area contributed by atoms with E-state index < -0.39 is 35.6 Å². The minimum Gasteiger partial charge on any atom is -0.384 e. The van der Waals surface area contributed by atoms with Crippen molar-refractivity contribution >= 4 is 44.6 Å². The van der Waals surface area contributed by atoms with Crippen LogP contribution in [0.25, 0.3) is 6.08 Å². The lowest BCUT2D eigenvalue weighted by molar-refractivity contribution is -0.140. The highest BCUT2D eigenvalue weighted by Crippen LogP contribution is 2.42. The van der Waals surface area contributed by atoms with Crippen molar-refractivity contribution < 1.29 is 18.6 Å². The number of hydrogen-bond donors (Lipinski definition) is 2. The van der Waals surface area contributed by atoms with Crippen LogP contribution < -0.4 is 11.2 Å². The number of hydrogen-bond acceptors (Lipinski definition) is 4. The van der Waals surface area contributed by atoms with Crippen molar-refractivity contribution in [2.75, 3.05) is 5.33 Å². The molecule has 0 bridgehead atoms. The lowest BCUT2D eigenvalue weighted by Gasteiger charge is -2.21. The number of nitrogens with one attached hydrogen (secondary N) is 1. The van der Waals surface area contributed by atoms with Crippen LogP contribution in [0.3, 0.4) is 0 Å². The number of aromatic nitrogens is 2. The lowest BCUT2D eigenvalue weighted by Crippen LogP contribution is -2.43. The van der Waals surface area contributed by atoms with Gasteiger partial charge < -0.3 is 9.84 Å².